The zero-order valence-corrected chi connectivity index (χ0v) is 11.9. The summed E-state index contributed by atoms with van der Waals surface area (Å²) in [5.74, 6) is 0. The Morgan fingerprint density at radius 2 is 1.10 bits per heavy atom. The third-order valence-electron chi connectivity index (χ3n) is 0.486. The molecular weight excluding hydrogens is 402 g/mol. The maximum absolute atomic E-state index is 5.33. The van der Waals surface area contributed by atoms with Crippen LogP contribution in [0.4, 0.5) is 0 Å². The molecule has 4 N–H and O–H groups in total. The van der Waals surface area contributed by atoms with E-state index in [4.69, 9.17) is 11.5 Å². The van der Waals surface area contributed by atoms with Gasteiger partial charge in [-0.3, -0.25) is 0 Å². The molecule has 2 nitrogen and oxygen atoms in total. The van der Waals surface area contributed by atoms with Crippen LogP contribution in [0.25, 0.3) is 0 Å². The molecule has 0 saturated heterocycles. The first kappa shape index (κ1) is 18.0. The van der Waals surface area contributed by atoms with Gasteiger partial charge >= 0.3 is 67.6 Å². The molecule has 0 unspecified atom stereocenters. The first-order valence-corrected chi connectivity index (χ1v) is 13.2. The molecule has 0 aromatic heterocycles. The van der Waals surface area contributed by atoms with Gasteiger partial charge in [-0.05, 0) is 0 Å². The Kier molecular flexibility index (Phi) is 31.0. The van der Waals surface area contributed by atoms with Crippen molar-refractivity contribution in [2.24, 2.45) is 11.5 Å². The molecule has 10 heavy (non-hydrogen) atoms. The minimum atomic E-state index is 0. The zero-order valence-electron chi connectivity index (χ0n) is 5.62. The van der Waals surface area contributed by atoms with Crippen LogP contribution in [0.15, 0.2) is 0 Å². The Bertz CT molecular complexity index is 44.2. The van der Waals surface area contributed by atoms with Crippen LogP contribution >= 0.6 is 24.8 Å². The van der Waals surface area contributed by atoms with Gasteiger partial charge in [0.1, 0.15) is 0 Å². The second-order valence-electron chi connectivity index (χ2n) is 1.22. The second kappa shape index (κ2) is 17.2. The van der Waals surface area contributed by atoms with Crippen molar-refractivity contribution in [1.29, 1.82) is 0 Å². The van der Waals surface area contributed by atoms with Crippen molar-refractivity contribution in [3.8, 4) is 0 Å². The van der Waals surface area contributed by atoms with Gasteiger partial charge in [0.05, 0.1) is 0 Å². The van der Waals surface area contributed by atoms with Crippen molar-refractivity contribution in [3.63, 3.8) is 0 Å². The van der Waals surface area contributed by atoms with Crippen molar-refractivity contribution in [2.75, 3.05) is 13.1 Å². The summed E-state index contributed by atoms with van der Waals surface area (Å²) in [7, 11) is 0. The molecule has 0 amide bonds. The molecular formula is C4H14Cl2N2Te2. The fourth-order valence-corrected chi connectivity index (χ4v) is 9.63. The predicted octanol–water partition coefficient (Wildman–Crippen LogP) is -0.0926. The fraction of sp³-hybridized carbons (Fsp3) is 1.00. The summed E-state index contributed by atoms with van der Waals surface area (Å²) in [5, 5.41) is 0. The summed E-state index contributed by atoms with van der Waals surface area (Å²) >= 11 is 0.785. The molecule has 0 spiro atoms. The maximum atomic E-state index is 5.33. The van der Waals surface area contributed by atoms with E-state index < -0.39 is 0 Å². The molecule has 0 aromatic carbocycles. The first-order valence-electron chi connectivity index (χ1n) is 2.56. The molecule has 0 radical (unpaired) electrons. The molecule has 0 heterocycles. The summed E-state index contributed by atoms with van der Waals surface area (Å²) in [4.78, 5) is 0. The Hall–Kier alpha value is 2.08. The average molecular weight is 416 g/mol. The molecule has 6 heteroatoms. The van der Waals surface area contributed by atoms with E-state index in [2.05, 4.69) is 0 Å². The summed E-state index contributed by atoms with van der Waals surface area (Å²) in [5.41, 5.74) is 10.7. The summed E-state index contributed by atoms with van der Waals surface area (Å²) < 4.78 is 2.68. The van der Waals surface area contributed by atoms with Crippen LogP contribution in [-0.2, 0) is 0 Å². The Morgan fingerprint density at radius 1 is 0.800 bits per heavy atom. The standard InChI is InChI=1S/C4H12N2Te2.2ClH/c5-1-3-7-8-4-2-6;;/h1-6H2;2*1H. The van der Waals surface area contributed by atoms with Gasteiger partial charge in [-0.25, -0.2) is 0 Å². The second-order valence-corrected chi connectivity index (χ2v) is 13.9. The number of hydrogen-bond acceptors (Lipinski definition) is 2. The van der Waals surface area contributed by atoms with E-state index in [-0.39, 0.29) is 24.8 Å². The third kappa shape index (κ3) is 16.6. The third-order valence-corrected chi connectivity index (χ3v) is 12.8. The summed E-state index contributed by atoms with van der Waals surface area (Å²) in [6.07, 6.45) is 0. The Balaban J connectivity index is -0.000000245. The molecule has 0 bridgehead atoms. The van der Waals surface area contributed by atoms with Gasteiger partial charge in [-0.1, -0.05) is 0 Å². The Labute approximate surface area is 91.4 Å². The van der Waals surface area contributed by atoms with E-state index in [0.29, 0.717) is 34.1 Å². The van der Waals surface area contributed by atoms with E-state index in [0.717, 1.165) is 13.1 Å². The van der Waals surface area contributed by atoms with E-state index in [1.165, 1.54) is 8.94 Å². The van der Waals surface area contributed by atoms with Gasteiger partial charge < -0.3 is 0 Å². The Morgan fingerprint density at radius 3 is 1.30 bits per heavy atom. The quantitative estimate of drug-likeness (QED) is 0.486. The number of rotatable bonds is 5. The molecule has 66 valence electrons. The van der Waals surface area contributed by atoms with E-state index in [1.54, 1.807) is 0 Å². The van der Waals surface area contributed by atoms with E-state index in [9.17, 15) is 0 Å². The number of hydrogen-bond donors (Lipinski definition) is 2. The van der Waals surface area contributed by atoms with Crippen LogP contribution in [0.5, 0.6) is 0 Å². The fourth-order valence-electron chi connectivity index (χ4n) is 0.214. The predicted molar refractivity (Wildman–Crippen MR) is 53.7 cm³/mol. The molecule has 0 aliphatic heterocycles. The van der Waals surface area contributed by atoms with Gasteiger partial charge in [0.25, 0.3) is 0 Å². The molecule has 0 atom stereocenters. The monoisotopic (exact) mass is 420 g/mol. The van der Waals surface area contributed by atoms with E-state index >= 15 is 0 Å². The van der Waals surface area contributed by atoms with Gasteiger partial charge in [-0.2, -0.15) is 0 Å². The molecule has 0 fully saturated rings. The van der Waals surface area contributed by atoms with Crippen LogP contribution in [0.3, 0.4) is 0 Å². The van der Waals surface area contributed by atoms with E-state index in [1.807, 2.05) is 0 Å². The zero-order chi connectivity index (χ0) is 6.24. The van der Waals surface area contributed by atoms with Crippen molar-refractivity contribution >= 4 is 58.9 Å². The van der Waals surface area contributed by atoms with Crippen molar-refractivity contribution in [1.82, 2.24) is 0 Å². The van der Waals surface area contributed by atoms with Crippen molar-refractivity contribution in [3.05, 3.63) is 0 Å². The van der Waals surface area contributed by atoms with Gasteiger partial charge in [-0.15, -0.1) is 24.8 Å². The van der Waals surface area contributed by atoms with Crippen LogP contribution in [0, 0.1) is 0 Å². The van der Waals surface area contributed by atoms with Crippen molar-refractivity contribution < 1.29 is 0 Å². The van der Waals surface area contributed by atoms with Gasteiger partial charge in [0.15, 0.2) is 0 Å². The summed E-state index contributed by atoms with van der Waals surface area (Å²) in [6, 6.07) is 0. The first-order chi connectivity index (χ1) is 3.91. The SMILES string of the molecule is Cl.Cl.NCC[Te][Te]CCN. The topological polar surface area (TPSA) is 52.0 Å². The normalized spacial score (nSPS) is 7.80. The van der Waals surface area contributed by atoms with Crippen LogP contribution < -0.4 is 11.5 Å². The number of nitrogens with two attached hydrogens (primary N) is 2. The van der Waals surface area contributed by atoms with Crippen LogP contribution in [0.1, 0.15) is 0 Å². The average Bonchev–Trinajstić information content (AvgIpc) is 1.81. The molecule has 0 aromatic rings. The molecule has 0 aliphatic rings. The minimum absolute atomic E-state index is 0. The van der Waals surface area contributed by atoms with Gasteiger partial charge in [0, 0.05) is 0 Å². The summed E-state index contributed by atoms with van der Waals surface area (Å²) in [6.45, 7) is 1.83. The molecule has 0 saturated carbocycles. The van der Waals surface area contributed by atoms with Crippen molar-refractivity contribution in [2.45, 2.75) is 8.94 Å². The van der Waals surface area contributed by atoms with Crippen LogP contribution in [0.2, 0.25) is 8.94 Å². The van der Waals surface area contributed by atoms with Gasteiger partial charge in [0.2, 0.25) is 0 Å². The number of halogens is 2. The van der Waals surface area contributed by atoms with Crippen LogP contribution in [-0.4, -0.2) is 47.2 Å². The molecule has 0 aliphatic carbocycles. The molecule has 0 rings (SSSR count).